The van der Waals surface area contributed by atoms with Crippen LogP contribution in [0.2, 0.25) is 0 Å². The van der Waals surface area contributed by atoms with Gasteiger partial charge in [0.05, 0.1) is 0 Å². The summed E-state index contributed by atoms with van der Waals surface area (Å²) in [4.78, 5) is 24.4. The van der Waals surface area contributed by atoms with Crippen LogP contribution in [0, 0.1) is 6.92 Å². The third-order valence-electron chi connectivity index (χ3n) is 3.16. The Balaban J connectivity index is 2.47. The minimum Gasteiger partial charge on any atom is -0.289 e. The number of rotatable bonds is 3. The molecule has 0 heterocycles. The molecule has 0 aliphatic heterocycles. The quantitative estimate of drug-likeness (QED) is 0.793. The number of Topliss-reactive ketones (excluding diaryl/α,β-unsaturated/α-hetero) is 2. The van der Waals surface area contributed by atoms with E-state index in [0.717, 1.165) is 12.8 Å². The van der Waals surface area contributed by atoms with E-state index in [0.29, 0.717) is 28.7 Å². The van der Waals surface area contributed by atoms with Crippen LogP contribution in [0.5, 0.6) is 0 Å². The molecule has 0 saturated carbocycles. The smallest absolute Gasteiger partial charge is 0.190 e. The van der Waals surface area contributed by atoms with Crippen molar-refractivity contribution in [2.75, 3.05) is 0 Å². The number of hydrogen-bond donors (Lipinski definition) is 0. The molecule has 87 valence electrons. The van der Waals surface area contributed by atoms with Gasteiger partial charge in [-0.25, -0.2) is 0 Å². The normalized spacial score (nSPS) is 15.2. The lowest BCUT2D eigenvalue weighted by molar-refractivity contribution is 0.0971. The van der Waals surface area contributed by atoms with Crippen molar-refractivity contribution in [1.82, 2.24) is 0 Å². The van der Waals surface area contributed by atoms with E-state index in [4.69, 9.17) is 0 Å². The second-order valence-corrected chi connectivity index (χ2v) is 4.26. The molecule has 0 aromatic heterocycles. The fourth-order valence-corrected chi connectivity index (χ4v) is 2.15. The van der Waals surface area contributed by atoms with Gasteiger partial charge in [0.25, 0.3) is 0 Å². The molecule has 0 fully saturated rings. The highest BCUT2D eigenvalue weighted by atomic mass is 16.1. The highest BCUT2D eigenvalue weighted by Gasteiger charge is 2.28. The lowest BCUT2D eigenvalue weighted by Gasteiger charge is -2.18. The van der Waals surface area contributed by atoms with E-state index in [1.165, 1.54) is 0 Å². The van der Waals surface area contributed by atoms with Gasteiger partial charge in [-0.2, -0.15) is 0 Å². The first-order chi connectivity index (χ1) is 8.16. The molecule has 0 bridgehead atoms. The van der Waals surface area contributed by atoms with Crippen LogP contribution in [0.15, 0.2) is 35.4 Å². The topological polar surface area (TPSA) is 34.1 Å². The maximum absolute atomic E-state index is 12.2. The zero-order chi connectivity index (χ0) is 12.4. The molecule has 0 unspecified atom stereocenters. The molecule has 1 aromatic carbocycles. The first kappa shape index (κ1) is 11.8. The van der Waals surface area contributed by atoms with Crippen molar-refractivity contribution in [3.63, 3.8) is 0 Å². The summed E-state index contributed by atoms with van der Waals surface area (Å²) < 4.78 is 0. The summed E-state index contributed by atoms with van der Waals surface area (Å²) in [6.45, 7) is 5.51. The molecule has 0 spiro atoms. The lowest BCUT2D eigenvalue weighted by Crippen LogP contribution is -2.20. The van der Waals surface area contributed by atoms with E-state index in [1.54, 1.807) is 31.2 Å². The molecule has 1 radical (unpaired) electrons. The van der Waals surface area contributed by atoms with Crippen LogP contribution >= 0.6 is 0 Å². The minimum absolute atomic E-state index is 0.00569. The standard InChI is InChI=1S/C15H15O2/c1-3-4-7-11-10(2)14(16)12-8-5-6-9-13(12)15(11)17/h5-6,8-9H,1,3-4,7H2,2H3. The molecule has 2 rings (SSSR count). The molecule has 0 saturated heterocycles. The summed E-state index contributed by atoms with van der Waals surface area (Å²) in [5, 5.41) is 0. The van der Waals surface area contributed by atoms with Crippen LogP contribution in [-0.4, -0.2) is 11.6 Å². The third-order valence-corrected chi connectivity index (χ3v) is 3.16. The van der Waals surface area contributed by atoms with Crippen LogP contribution in [0.25, 0.3) is 0 Å². The van der Waals surface area contributed by atoms with Gasteiger partial charge in [0, 0.05) is 22.3 Å². The number of benzene rings is 1. The minimum atomic E-state index is -0.0146. The Morgan fingerprint density at radius 1 is 1.06 bits per heavy atom. The lowest BCUT2D eigenvalue weighted by atomic mass is 9.83. The number of unbranched alkanes of at least 4 members (excludes halogenated alkanes) is 1. The molecular weight excluding hydrogens is 212 g/mol. The van der Waals surface area contributed by atoms with E-state index in [1.807, 2.05) is 0 Å². The van der Waals surface area contributed by atoms with Gasteiger partial charge in [0.15, 0.2) is 11.6 Å². The Hall–Kier alpha value is -1.70. The molecule has 2 nitrogen and oxygen atoms in total. The zero-order valence-electron chi connectivity index (χ0n) is 9.95. The maximum atomic E-state index is 12.2. The van der Waals surface area contributed by atoms with Crippen molar-refractivity contribution in [3.05, 3.63) is 53.5 Å². The number of fused-ring (bicyclic) bond motifs is 1. The van der Waals surface area contributed by atoms with Gasteiger partial charge in [-0.15, -0.1) is 0 Å². The molecule has 17 heavy (non-hydrogen) atoms. The van der Waals surface area contributed by atoms with Crippen molar-refractivity contribution >= 4 is 11.6 Å². The third kappa shape index (κ3) is 1.95. The molecular formula is C15H15O2. The summed E-state index contributed by atoms with van der Waals surface area (Å²) in [6, 6.07) is 7.03. The molecule has 1 aromatic rings. The first-order valence-corrected chi connectivity index (χ1v) is 5.84. The van der Waals surface area contributed by atoms with E-state index < -0.39 is 0 Å². The number of carbonyl (C=O) groups excluding carboxylic acids is 2. The fourth-order valence-electron chi connectivity index (χ4n) is 2.15. The van der Waals surface area contributed by atoms with Gasteiger partial charge in [-0.05, 0) is 19.8 Å². The predicted octanol–water partition coefficient (Wildman–Crippen LogP) is 3.39. The molecule has 0 N–H and O–H groups in total. The first-order valence-electron chi connectivity index (χ1n) is 5.84. The van der Waals surface area contributed by atoms with Crippen molar-refractivity contribution in [3.8, 4) is 0 Å². The number of hydrogen-bond acceptors (Lipinski definition) is 2. The fraction of sp³-hybridized carbons (Fsp3) is 0.267. The van der Waals surface area contributed by atoms with Gasteiger partial charge in [-0.1, -0.05) is 37.6 Å². The average Bonchev–Trinajstić information content (AvgIpc) is 2.36. The summed E-state index contributed by atoms with van der Waals surface area (Å²) in [6.07, 6.45) is 2.27. The largest absolute Gasteiger partial charge is 0.289 e. The van der Waals surface area contributed by atoms with Gasteiger partial charge in [0.1, 0.15) is 0 Å². The molecule has 0 amide bonds. The van der Waals surface area contributed by atoms with Crippen molar-refractivity contribution in [1.29, 1.82) is 0 Å². The summed E-state index contributed by atoms with van der Waals surface area (Å²) in [5.41, 5.74) is 2.34. The number of allylic oxidation sites excluding steroid dienone is 2. The van der Waals surface area contributed by atoms with Crippen LogP contribution in [-0.2, 0) is 0 Å². The summed E-state index contributed by atoms with van der Waals surface area (Å²) >= 11 is 0. The van der Waals surface area contributed by atoms with E-state index in [2.05, 4.69) is 6.92 Å². The second kappa shape index (κ2) is 4.66. The Morgan fingerprint density at radius 2 is 1.65 bits per heavy atom. The molecule has 0 atom stereocenters. The van der Waals surface area contributed by atoms with Crippen LogP contribution in [0.4, 0.5) is 0 Å². The van der Waals surface area contributed by atoms with Gasteiger partial charge in [0.2, 0.25) is 0 Å². The van der Waals surface area contributed by atoms with Gasteiger partial charge in [-0.3, -0.25) is 9.59 Å². The Bertz CT molecular complexity index is 509. The van der Waals surface area contributed by atoms with Gasteiger partial charge < -0.3 is 0 Å². The van der Waals surface area contributed by atoms with E-state index >= 15 is 0 Å². The summed E-state index contributed by atoms with van der Waals surface area (Å²) in [7, 11) is 0. The predicted molar refractivity (Wildman–Crippen MR) is 67.0 cm³/mol. The maximum Gasteiger partial charge on any atom is 0.190 e. The average molecular weight is 227 g/mol. The van der Waals surface area contributed by atoms with Gasteiger partial charge >= 0.3 is 0 Å². The Labute approximate surface area is 101 Å². The van der Waals surface area contributed by atoms with Crippen LogP contribution in [0.1, 0.15) is 46.9 Å². The van der Waals surface area contributed by atoms with Crippen LogP contribution in [0.3, 0.4) is 0 Å². The van der Waals surface area contributed by atoms with Crippen molar-refractivity contribution in [2.24, 2.45) is 0 Å². The second-order valence-electron chi connectivity index (χ2n) is 4.26. The van der Waals surface area contributed by atoms with Crippen molar-refractivity contribution in [2.45, 2.75) is 26.2 Å². The highest BCUT2D eigenvalue weighted by molar-refractivity contribution is 6.26. The summed E-state index contributed by atoms with van der Waals surface area (Å²) in [5.74, 6) is -0.00888. The molecule has 1 aliphatic carbocycles. The highest BCUT2D eigenvalue weighted by Crippen LogP contribution is 2.28. The Morgan fingerprint density at radius 3 is 2.24 bits per heavy atom. The van der Waals surface area contributed by atoms with Crippen molar-refractivity contribution < 1.29 is 9.59 Å². The van der Waals surface area contributed by atoms with E-state index in [-0.39, 0.29) is 11.6 Å². The number of ketones is 2. The van der Waals surface area contributed by atoms with Crippen LogP contribution < -0.4 is 0 Å². The molecule has 2 heteroatoms. The number of carbonyl (C=O) groups is 2. The SMILES string of the molecule is [CH2]CCCC1=C(C)C(=O)c2ccccc2C1=O. The molecule has 1 aliphatic rings. The zero-order valence-corrected chi connectivity index (χ0v) is 9.95. The monoisotopic (exact) mass is 227 g/mol. The van der Waals surface area contributed by atoms with E-state index in [9.17, 15) is 9.59 Å². The Kier molecular flexibility index (Phi) is 3.23.